The Labute approximate surface area is 464 Å². The topological polar surface area (TPSA) is 343 Å². The number of benzene rings is 3. The first-order valence-corrected chi connectivity index (χ1v) is 26.3. The van der Waals surface area contributed by atoms with E-state index in [9.17, 15) is 60.3 Å². The number of aliphatic hydroxyl groups is 5. The fraction of sp³-hybridized carbons (Fsp3) is 0.526. The number of hydrogen-bond donors (Lipinski definition) is 10. The van der Waals surface area contributed by atoms with Crippen molar-refractivity contribution in [1.29, 1.82) is 5.26 Å². The molecule has 3 aromatic rings. The molecule has 2 fully saturated rings. The lowest BCUT2D eigenvalue weighted by atomic mass is 9.78. The largest absolute Gasteiger partial charge is 0.507 e. The lowest BCUT2D eigenvalue weighted by molar-refractivity contribution is -0.268. The number of carbonyl (C=O) groups is 3. The van der Waals surface area contributed by atoms with E-state index in [1.807, 2.05) is 13.1 Å². The second kappa shape index (κ2) is 26.1. The van der Waals surface area contributed by atoms with Crippen LogP contribution in [0.3, 0.4) is 0 Å². The number of hydrazone groups is 1. The molecule has 436 valence electrons. The number of phenols is 4. The minimum Gasteiger partial charge on any atom is -0.507 e. The number of carbonyl (C=O) groups excluding carboxylic acids is 3. The van der Waals surface area contributed by atoms with Crippen LogP contribution in [0.5, 0.6) is 34.5 Å². The summed E-state index contributed by atoms with van der Waals surface area (Å²) in [7, 11) is 3.42. The first-order valence-electron chi connectivity index (χ1n) is 26.3. The Hall–Kier alpha value is -7.01. The number of rotatable bonds is 7. The molecule has 3 aromatic carbocycles. The average molecular weight is 1120 g/mol. The number of phenolic OH excluding ortho intramolecular Hbond substituents is 4. The van der Waals surface area contributed by atoms with Gasteiger partial charge < -0.3 is 84.6 Å². The van der Waals surface area contributed by atoms with Crippen molar-refractivity contribution in [1.82, 2.24) is 9.91 Å². The summed E-state index contributed by atoms with van der Waals surface area (Å²) in [5.74, 6) is -8.49. The van der Waals surface area contributed by atoms with Gasteiger partial charge in [0.2, 0.25) is 6.29 Å². The van der Waals surface area contributed by atoms with Gasteiger partial charge in [-0.3, -0.25) is 19.4 Å². The predicted octanol–water partition coefficient (Wildman–Crippen LogP) is 4.00. The van der Waals surface area contributed by atoms with Crippen LogP contribution in [0.4, 0.5) is 5.69 Å². The van der Waals surface area contributed by atoms with Crippen LogP contribution in [0.1, 0.15) is 82.4 Å². The number of nitriles is 1. The van der Waals surface area contributed by atoms with Gasteiger partial charge in [-0.05, 0) is 51.6 Å². The van der Waals surface area contributed by atoms with Crippen LogP contribution in [0.2, 0.25) is 0 Å². The molecule has 0 unspecified atom stereocenters. The molecule has 2 saturated heterocycles. The first kappa shape index (κ1) is 62.2. The van der Waals surface area contributed by atoms with Gasteiger partial charge in [-0.2, -0.15) is 10.4 Å². The van der Waals surface area contributed by atoms with Crippen molar-refractivity contribution in [2.45, 2.75) is 130 Å². The molecular formula is C57H75N5O18. The number of ketones is 1. The SMILES string of the molecule is CO[C@H]1/C=C/O[C@@]2(C)Oc3c(C)c(O)c4c(O)c(c(/C=N\N5CCN(C)CC5)c(O)c4c3C2=O)NC(=O)/C(C)=C\C=C\[C@H](C)[C@H](O)[C@@H](C)[C@@H](O)[C@@H](C)[C@H](OC(C)=O)[C@@H]1C.C[C@H]1O[C@H](Oc2ccc(CC#N)cc2O)[C@H](O)[C@@H](O)[C@@H]1O. The molecule has 0 saturated carbocycles. The van der Waals surface area contributed by atoms with Gasteiger partial charge in [0.25, 0.3) is 11.7 Å². The van der Waals surface area contributed by atoms with E-state index in [2.05, 4.69) is 15.3 Å². The smallest absolute Gasteiger partial charge is 0.312 e. The number of aromatic hydroxyl groups is 4. The second-order valence-electron chi connectivity index (χ2n) is 21.1. The van der Waals surface area contributed by atoms with Crippen LogP contribution in [-0.2, 0) is 35.0 Å². The number of methoxy groups -OCH3 is 1. The molecule has 8 rings (SSSR count). The summed E-state index contributed by atoms with van der Waals surface area (Å²) in [4.78, 5) is 42.6. The second-order valence-corrected chi connectivity index (χ2v) is 21.1. The fourth-order valence-electron chi connectivity index (χ4n) is 10.0. The van der Waals surface area contributed by atoms with E-state index >= 15 is 0 Å². The Morgan fingerprint density at radius 2 is 1.56 bits per heavy atom. The summed E-state index contributed by atoms with van der Waals surface area (Å²) in [6.45, 7) is 16.6. The molecule has 0 radical (unpaired) electrons. The van der Waals surface area contributed by atoms with Crippen molar-refractivity contribution in [3.63, 3.8) is 0 Å². The molecule has 0 aromatic heterocycles. The molecule has 5 heterocycles. The maximum atomic E-state index is 14.4. The van der Waals surface area contributed by atoms with Crippen LogP contribution in [0.15, 0.2) is 59.4 Å². The molecular weight excluding hydrogens is 1040 g/mol. The van der Waals surface area contributed by atoms with Crippen molar-refractivity contribution in [2.75, 3.05) is 45.7 Å². The number of allylic oxidation sites excluding steroid dienone is 2. The van der Waals surface area contributed by atoms with Crippen molar-refractivity contribution in [3.8, 4) is 40.6 Å². The first-order chi connectivity index (χ1) is 37.7. The number of amides is 1. The Balaban J connectivity index is 0.000000410. The molecule has 23 nitrogen and oxygen atoms in total. The van der Waals surface area contributed by atoms with Crippen LogP contribution in [0, 0.1) is 41.9 Å². The third-order valence-corrected chi connectivity index (χ3v) is 15.2. The number of piperazine rings is 1. The molecule has 23 heteroatoms. The zero-order chi connectivity index (χ0) is 59.2. The molecule has 0 aliphatic carbocycles. The minimum absolute atomic E-state index is 0.0523. The van der Waals surface area contributed by atoms with Crippen LogP contribution >= 0.6 is 0 Å². The standard InChI is InChI=1S/C43H58N4O12.C14H17NO6/c1-21-12-11-13-22(2)42(55)45-33-28(20-44-47-17-15-46(9)16-18-47)37(52)30-31(38(33)53)36(51)26(6)40-32(30)41(54)43(8,59-40)57-19-14-29(56-10)23(3)39(58-27(7)48)25(5)35(50)24(4)34(21)49;1-7-11(17)12(18)13(19)14(20-7)21-10-3-2-8(4-5-15)6-9(10)16/h11-14,19-21,23-25,29,34-35,39,49-53H,15-18H2,1-10H3,(H,45,55);2-3,6-7,11-14,16-19H,4H2,1H3/b12-11+,19-14+,22-13-,44-20-;/t21-,23+,24+,25+,29-,34-,35+,39+,43-;7-,11-,12+,13-,14-/m01/s1. The van der Waals surface area contributed by atoms with Gasteiger partial charge >= 0.3 is 11.8 Å². The van der Waals surface area contributed by atoms with E-state index < -0.39 is 119 Å². The monoisotopic (exact) mass is 1120 g/mol. The number of esters is 1. The summed E-state index contributed by atoms with van der Waals surface area (Å²) in [6.07, 6.45) is -1.00. The highest BCUT2D eigenvalue weighted by atomic mass is 16.7. The number of fused-ring (bicyclic) bond motifs is 14. The third kappa shape index (κ3) is 13.3. The lowest BCUT2D eigenvalue weighted by Crippen LogP contribution is -2.58. The van der Waals surface area contributed by atoms with Crippen LogP contribution in [0.25, 0.3) is 10.8 Å². The van der Waals surface area contributed by atoms with Gasteiger partial charge in [0.15, 0.2) is 17.2 Å². The maximum Gasteiger partial charge on any atom is 0.312 e. The fourth-order valence-corrected chi connectivity index (χ4v) is 10.0. The number of ether oxygens (including phenoxy) is 6. The van der Waals surface area contributed by atoms with Gasteiger partial charge in [0, 0.05) is 87.3 Å². The summed E-state index contributed by atoms with van der Waals surface area (Å²) < 4.78 is 34.2. The highest BCUT2D eigenvalue weighted by Gasteiger charge is 2.50. The maximum absolute atomic E-state index is 14.4. The summed E-state index contributed by atoms with van der Waals surface area (Å²) in [5.41, 5.74) is 0.272. The van der Waals surface area contributed by atoms with Crippen molar-refractivity contribution in [3.05, 3.63) is 76.6 Å². The van der Waals surface area contributed by atoms with E-state index in [4.69, 9.17) is 33.7 Å². The zero-order valence-corrected chi connectivity index (χ0v) is 46.7. The van der Waals surface area contributed by atoms with E-state index in [0.29, 0.717) is 18.7 Å². The molecule has 80 heavy (non-hydrogen) atoms. The number of Topliss-reactive ketones (excluding diaryl/α,β-unsaturated/α-hetero) is 1. The minimum atomic E-state index is -2.04. The number of hydrogen-bond acceptors (Lipinski definition) is 22. The quantitative estimate of drug-likeness (QED) is 0.0692. The van der Waals surface area contributed by atoms with Crippen molar-refractivity contribution in [2.24, 2.45) is 28.8 Å². The molecule has 5 bridgehead atoms. The van der Waals surface area contributed by atoms with Gasteiger partial charge in [-0.25, -0.2) is 0 Å². The number of nitrogens with one attached hydrogen (secondary N) is 1. The van der Waals surface area contributed by atoms with Crippen LogP contribution in [-0.4, -0.2) is 181 Å². The highest BCUT2D eigenvalue weighted by Crippen LogP contribution is 2.55. The normalized spacial score (nSPS) is 32.2. The van der Waals surface area contributed by atoms with E-state index in [0.717, 1.165) is 13.1 Å². The molecule has 10 N–H and O–H groups in total. The van der Waals surface area contributed by atoms with Gasteiger partial charge in [-0.1, -0.05) is 52.0 Å². The number of anilines is 1. The van der Waals surface area contributed by atoms with E-state index in [1.165, 1.54) is 78.5 Å². The van der Waals surface area contributed by atoms with Gasteiger partial charge in [0.05, 0.1) is 71.6 Å². The number of likely N-dealkylation sites (N-methyl/N-ethyl adjacent to an activating group) is 1. The average Bonchev–Trinajstić information content (AvgIpc) is 3.81. The zero-order valence-electron chi connectivity index (χ0n) is 46.7. The summed E-state index contributed by atoms with van der Waals surface area (Å²) >= 11 is 0. The van der Waals surface area contributed by atoms with Gasteiger partial charge in [0.1, 0.15) is 41.7 Å². The van der Waals surface area contributed by atoms with Crippen molar-refractivity contribution < 1.29 is 88.8 Å². The van der Waals surface area contributed by atoms with E-state index in [1.54, 1.807) is 50.9 Å². The third-order valence-electron chi connectivity index (χ3n) is 15.2. The van der Waals surface area contributed by atoms with E-state index in [-0.39, 0.29) is 62.4 Å². The van der Waals surface area contributed by atoms with Crippen molar-refractivity contribution >= 4 is 40.3 Å². The molecule has 5 aliphatic heterocycles. The Kier molecular flexibility index (Phi) is 20.3. The summed E-state index contributed by atoms with van der Waals surface area (Å²) in [6, 6.07) is 6.38. The van der Waals surface area contributed by atoms with Crippen LogP contribution < -0.4 is 14.8 Å². The molecule has 1 amide bonds. The predicted molar refractivity (Wildman–Crippen MR) is 291 cm³/mol. The molecule has 14 atom stereocenters. The summed E-state index contributed by atoms with van der Waals surface area (Å²) in [5, 5.41) is 114. The Morgan fingerprint density at radius 3 is 2.19 bits per heavy atom. The molecule has 0 spiro atoms. The number of aliphatic hydroxyl groups excluding tert-OH is 5. The Morgan fingerprint density at radius 1 is 0.887 bits per heavy atom. The highest BCUT2D eigenvalue weighted by molar-refractivity contribution is 6.23. The lowest BCUT2D eigenvalue weighted by Gasteiger charge is -2.38. The number of nitrogens with zero attached hydrogens (tertiary/aromatic N) is 4. The molecule has 5 aliphatic rings. The Bertz CT molecular complexity index is 2930. The van der Waals surface area contributed by atoms with Gasteiger partial charge in [-0.15, -0.1) is 0 Å².